The van der Waals surface area contributed by atoms with Crippen LogP contribution >= 0.6 is 11.6 Å². The molecule has 1 atom stereocenters. The second-order valence-corrected chi connectivity index (χ2v) is 4.57. The second-order valence-electron chi connectivity index (χ2n) is 4.16. The molecular weight excluding hydrogens is 234 g/mol. The van der Waals surface area contributed by atoms with Gasteiger partial charge >= 0.3 is 0 Å². The maximum Gasteiger partial charge on any atom is 0.131 e. The summed E-state index contributed by atoms with van der Waals surface area (Å²) >= 11 is 6.22. The minimum atomic E-state index is 0.0937. The molecule has 0 bridgehead atoms. The van der Waals surface area contributed by atoms with Crippen LogP contribution < -0.4 is 0 Å². The van der Waals surface area contributed by atoms with Crippen LogP contribution in [0.2, 0.25) is 5.02 Å². The highest BCUT2D eigenvalue weighted by Crippen LogP contribution is 2.30. The summed E-state index contributed by atoms with van der Waals surface area (Å²) in [5.41, 5.74) is 1.05. The van der Waals surface area contributed by atoms with Gasteiger partial charge in [0.15, 0.2) is 0 Å². The molecule has 3 heteroatoms. The molecule has 0 saturated heterocycles. The quantitative estimate of drug-likeness (QED) is 0.771. The fourth-order valence-electron chi connectivity index (χ4n) is 2.12. The molecule has 1 aromatic rings. The van der Waals surface area contributed by atoms with E-state index in [1.54, 1.807) is 6.92 Å². The molecule has 2 nitrogen and oxygen atoms in total. The summed E-state index contributed by atoms with van der Waals surface area (Å²) in [4.78, 5) is 13.7. The van der Waals surface area contributed by atoms with Crippen molar-refractivity contribution in [3.63, 3.8) is 0 Å². The fraction of sp³-hybridized carbons (Fsp3) is 0.500. The summed E-state index contributed by atoms with van der Waals surface area (Å²) in [5, 5.41) is 0.741. The van der Waals surface area contributed by atoms with Crippen LogP contribution in [0.3, 0.4) is 0 Å². The van der Waals surface area contributed by atoms with Gasteiger partial charge in [0.2, 0.25) is 0 Å². The van der Waals surface area contributed by atoms with Crippen molar-refractivity contribution in [1.82, 2.24) is 4.90 Å². The van der Waals surface area contributed by atoms with Gasteiger partial charge in [0, 0.05) is 17.5 Å². The lowest BCUT2D eigenvalue weighted by molar-refractivity contribution is -0.118. The highest BCUT2D eigenvalue weighted by Gasteiger charge is 2.21. The topological polar surface area (TPSA) is 20.3 Å². The van der Waals surface area contributed by atoms with Crippen LogP contribution in [0, 0.1) is 0 Å². The Bertz CT molecular complexity index is 374. The van der Waals surface area contributed by atoms with Gasteiger partial charge in [-0.2, -0.15) is 0 Å². The number of carbonyl (C=O) groups is 1. The smallest absolute Gasteiger partial charge is 0.131 e. The summed E-state index contributed by atoms with van der Waals surface area (Å²) in [6.45, 7) is 7.67. The van der Waals surface area contributed by atoms with Crippen molar-refractivity contribution in [1.29, 1.82) is 0 Å². The second kappa shape index (κ2) is 6.77. The standard InChI is InChI=1S/C14H20ClNO/c1-4-16(5-2)14(10-11(3)17)12-8-6-7-9-13(12)15/h6-9,14H,4-5,10H2,1-3H3. The molecule has 94 valence electrons. The zero-order chi connectivity index (χ0) is 12.8. The summed E-state index contributed by atoms with van der Waals surface area (Å²) < 4.78 is 0. The first kappa shape index (κ1) is 14.2. The minimum absolute atomic E-state index is 0.0937. The molecule has 0 aliphatic rings. The van der Waals surface area contributed by atoms with Gasteiger partial charge in [-0.25, -0.2) is 0 Å². The summed E-state index contributed by atoms with van der Waals surface area (Å²) in [6, 6.07) is 7.87. The first-order chi connectivity index (χ1) is 8.10. The minimum Gasteiger partial charge on any atom is -0.300 e. The predicted octanol–water partition coefficient (Wildman–Crippen LogP) is 3.70. The number of ketones is 1. The Morgan fingerprint density at radius 2 is 1.88 bits per heavy atom. The molecule has 0 fully saturated rings. The van der Waals surface area contributed by atoms with Gasteiger partial charge in [-0.05, 0) is 31.6 Å². The lowest BCUT2D eigenvalue weighted by Gasteiger charge is -2.30. The van der Waals surface area contributed by atoms with E-state index in [0.717, 1.165) is 23.7 Å². The highest BCUT2D eigenvalue weighted by molar-refractivity contribution is 6.31. The number of hydrogen-bond acceptors (Lipinski definition) is 2. The van der Waals surface area contributed by atoms with Gasteiger partial charge < -0.3 is 0 Å². The molecule has 0 spiro atoms. The molecule has 0 aromatic heterocycles. The molecule has 0 aliphatic carbocycles. The first-order valence-electron chi connectivity index (χ1n) is 6.08. The van der Waals surface area contributed by atoms with Crippen LogP contribution in [-0.4, -0.2) is 23.8 Å². The third-order valence-electron chi connectivity index (χ3n) is 3.00. The summed E-state index contributed by atoms with van der Waals surface area (Å²) in [6.07, 6.45) is 0.519. The van der Waals surface area contributed by atoms with Gasteiger partial charge in [-0.3, -0.25) is 9.69 Å². The molecule has 1 rings (SSSR count). The molecule has 0 N–H and O–H groups in total. The van der Waals surface area contributed by atoms with Gasteiger partial charge in [0.25, 0.3) is 0 Å². The Hall–Kier alpha value is -0.860. The van der Waals surface area contributed by atoms with Crippen molar-refractivity contribution in [2.45, 2.75) is 33.2 Å². The SMILES string of the molecule is CCN(CC)C(CC(C)=O)c1ccccc1Cl. The van der Waals surface area contributed by atoms with E-state index in [0.29, 0.717) is 6.42 Å². The molecule has 17 heavy (non-hydrogen) atoms. The van der Waals surface area contributed by atoms with Crippen LogP contribution in [0.4, 0.5) is 0 Å². The molecule has 0 heterocycles. The van der Waals surface area contributed by atoms with E-state index in [4.69, 9.17) is 11.6 Å². The average molecular weight is 254 g/mol. The number of benzene rings is 1. The zero-order valence-corrected chi connectivity index (χ0v) is 11.5. The Morgan fingerprint density at radius 1 is 1.29 bits per heavy atom. The third-order valence-corrected chi connectivity index (χ3v) is 3.34. The number of carbonyl (C=O) groups excluding carboxylic acids is 1. The summed E-state index contributed by atoms with van der Waals surface area (Å²) in [5.74, 6) is 0.196. The molecule has 1 unspecified atom stereocenters. The average Bonchev–Trinajstić information content (AvgIpc) is 2.29. The van der Waals surface area contributed by atoms with Gasteiger partial charge in [-0.15, -0.1) is 0 Å². The molecule has 0 saturated carbocycles. The Morgan fingerprint density at radius 3 is 2.35 bits per heavy atom. The van der Waals surface area contributed by atoms with Crippen LogP contribution in [0.15, 0.2) is 24.3 Å². The van der Waals surface area contributed by atoms with E-state index in [-0.39, 0.29) is 11.8 Å². The van der Waals surface area contributed by atoms with Crippen molar-refractivity contribution >= 4 is 17.4 Å². The highest BCUT2D eigenvalue weighted by atomic mass is 35.5. The third kappa shape index (κ3) is 3.83. The van der Waals surface area contributed by atoms with E-state index < -0.39 is 0 Å². The van der Waals surface area contributed by atoms with E-state index in [1.807, 2.05) is 24.3 Å². The van der Waals surface area contributed by atoms with Crippen molar-refractivity contribution in [2.75, 3.05) is 13.1 Å². The number of rotatable bonds is 6. The van der Waals surface area contributed by atoms with Crippen molar-refractivity contribution in [3.8, 4) is 0 Å². The molecule has 0 radical (unpaired) electrons. The maximum atomic E-state index is 11.4. The number of Topliss-reactive ketones (excluding diaryl/α,β-unsaturated/α-hetero) is 1. The van der Waals surface area contributed by atoms with Gasteiger partial charge in [-0.1, -0.05) is 43.6 Å². The monoisotopic (exact) mass is 253 g/mol. The van der Waals surface area contributed by atoms with Crippen molar-refractivity contribution in [2.24, 2.45) is 0 Å². The predicted molar refractivity (Wildman–Crippen MR) is 72.4 cm³/mol. The maximum absolute atomic E-state index is 11.4. The first-order valence-corrected chi connectivity index (χ1v) is 6.45. The Balaban J connectivity index is 3.05. The van der Waals surface area contributed by atoms with Gasteiger partial charge in [0.05, 0.1) is 0 Å². The Labute approximate surface area is 109 Å². The molecule has 0 aliphatic heterocycles. The number of nitrogens with zero attached hydrogens (tertiary/aromatic N) is 1. The largest absolute Gasteiger partial charge is 0.300 e. The van der Waals surface area contributed by atoms with E-state index in [2.05, 4.69) is 18.7 Å². The van der Waals surface area contributed by atoms with Gasteiger partial charge in [0.1, 0.15) is 5.78 Å². The van der Waals surface area contributed by atoms with Crippen LogP contribution in [0.1, 0.15) is 38.8 Å². The molecular formula is C14H20ClNO. The number of hydrogen-bond donors (Lipinski definition) is 0. The van der Waals surface area contributed by atoms with Crippen LogP contribution in [0.5, 0.6) is 0 Å². The molecule has 1 aromatic carbocycles. The summed E-state index contributed by atoms with van der Waals surface area (Å²) in [7, 11) is 0. The zero-order valence-electron chi connectivity index (χ0n) is 10.7. The number of halogens is 1. The van der Waals surface area contributed by atoms with E-state index in [1.165, 1.54) is 0 Å². The van der Waals surface area contributed by atoms with Crippen LogP contribution in [0.25, 0.3) is 0 Å². The Kier molecular flexibility index (Phi) is 5.66. The van der Waals surface area contributed by atoms with Crippen molar-refractivity contribution in [3.05, 3.63) is 34.9 Å². The van der Waals surface area contributed by atoms with E-state index >= 15 is 0 Å². The lowest BCUT2D eigenvalue weighted by atomic mass is 10.00. The lowest BCUT2D eigenvalue weighted by Crippen LogP contribution is -2.30. The van der Waals surface area contributed by atoms with Crippen LogP contribution in [-0.2, 0) is 4.79 Å². The molecule has 0 amide bonds. The van der Waals surface area contributed by atoms with E-state index in [9.17, 15) is 4.79 Å². The van der Waals surface area contributed by atoms with Crippen molar-refractivity contribution < 1.29 is 4.79 Å². The fourth-order valence-corrected chi connectivity index (χ4v) is 2.38. The normalized spacial score (nSPS) is 12.8.